The minimum Gasteiger partial charge on any atom is -0.250 e. The summed E-state index contributed by atoms with van der Waals surface area (Å²) in [6.45, 7) is 0. The van der Waals surface area contributed by atoms with Crippen LogP contribution in [0.4, 0.5) is 13.2 Å². The molecule has 1 heterocycles. The second-order valence-electron chi connectivity index (χ2n) is 2.13. The maximum Gasteiger partial charge on any atom is 0.343 e. The highest BCUT2D eigenvalue weighted by Gasteiger charge is 2.40. The monoisotopic (exact) mass is 227 g/mol. The molecule has 1 nitrogen and oxygen atoms in total. The first-order valence-corrected chi connectivity index (χ1v) is 4.53. The Bertz CT molecular complexity index is 268. The minimum atomic E-state index is -3.64. The highest BCUT2D eigenvalue weighted by Crippen LogP contribution is 2.40. The lowest BCUT2D eigenvalue weighted by Crippen LogP contribution is -2.20. The fourth-order valence-electron chi connectivity index (χ4n) is 0.591. The Morgan fingerprint density at radius 1 is 1.46 bits per heavy atom. The first-order valence-electron chi connectivity index (χ1n) is 3.28. The zero-order valence-corrected chi connectivity index (χ0v) is 7.83. The smallest absolute Gasteiger partial charge is 0.250 e. The molecule has 1 aromatic heterocycles. The predicted octanol–water partition coefficient (Wildman–Crippen LogP) is 3.30. The van der Waals surface area contributed by atoms with Crippen LogP contribution in [0.2, 0.25) is 0 Å². The first kappa shape index (κ1) is 10.7. The van der Waals surface area contributed by atoms with E-state index in [9.17, 15) is 13.2 Å². The number of aromatic nitrogens is 1. The zero-order chi connectivity index (χ0) is 9.90. The summed E-state index contributed by atoms with van der Waals surface area (Å²) in [6, 6.07) is 4.47. The van der Waals surface area contributed by atoms with Gasteiger partial charge in [-0.2, -0.15) is 8.78 Å². The molecule has 1 aromatic rings. The molecule has 1 atom stereocenters. The van der Waals surface area contributed by atoms with E-state index < -0.39 is 10.9 Å². The molecular formula is C7H5ClF3NS. The predicted molar refractivity (Wildman–Crippen MR) is 45.8 cm³/mol. The van der Waals surface area contributed by atoms with Gasteiger partial charge < -0.3 is 0 Å². The van der Waals surface area contributed by atoms with Gasteiger partial charge in [0.25, 0.3) is 0 Å². The normalized spacial score (nSPS) is 14.2. The van der Waals surface area contributed by atoms with Gasteiger partial charge >= 0.3 is 5.25 Å². The average Bonchev–Trinajstić information content (AvgIpc) is 2.05. The molecule has 0 aliphatic heterocycles. The topological polar surface area (TPSA) is 12.9 Å². The van der Waals surface area contributed by atoms with Crippen LogP contribution in [-0.2, 0) is 0 Å². The third-order valence-corrected chi connectivity index (χ3v) is 2.47. The van der Waals surface area contributed by atoms with Crippen LogP contribution in [0.5, 0.6) is 0 Å². The van der Waals surface area contributed by atoms with Gasteiger partial charge in [0, 0.05) is 6.20 Å². The largest absolute Gasteiger partial charge is 0.343 e. The van der Waals surface area contributed by atoms with Gasteiger partial charge in [-0.05, 0) is 23.9 Å². The summed E-state index contributed by atoms with van der Waals surface area (Å²) in [5, 5.41) is -3.61. The van der Waals surface area contributed by atoms with E-state index >= 15 is 0 Å². The Labute approximate surface area is 82.3 Å². The van der Waals surface area contributed by atoms with Gasteiger partial charge in [0.05, 0.1) is 0 Å². The summed E-state index contributed by atoms with van der Waals surface area (Å²) in [5.74, 6) is 0. The summed E-state index contributed by atoms with van der Waals surface area (Å²) in [7, 11) is 0. The Morgan fingerprint density at radius 2 is 2.15 bits per heavy atom. The van der Waals surface area contributed by atoms with Gasteiger partial charge in [-0.3, -0.25) is 0 Å². The van der Waals surface area contributed by atoms with Crippen LogP contribution in [0, 0.1) is 0 Å². The summed E-state index contributed by atoms with van der Waals surface area (Å²) >= 11 is 4.66. The average molecular weight is 228 g/mol. The maximum absolute atomic E-state index is 12.6. The quantitative estimate of drug-likeness (QED) is 0.581. The highest BCUT2D eigenvalue weighted by molar-refractivity contribution is 8.00. The number of thioether (sulfide) groups is 1. The third kappa shape index (κ3) is 3.08. The van der Waals surface area contributed by atoms with E-state index in [4.69, 9.17) is 0 Å². The molecule has 0 spiro atoms. The zero-order valence-electron chi connectivity index (χ0n) is 6.25. The minimum absolute atomic E-state index is 0.00259. The first-order chi connectivity index (χ1) is 6.02. The van der Waals surface area contributed by atoms with Gasteiger partial charge in [-0.1, -0.05) is 17.7 Å². The van der Waals surface area contributed by atoms with E-state index in [1.807, 2.05) is 0 Å². The second-order valence-corrected chi connectivity index (χ2v) is 3.68. The van der Waals surface area contributed by atoms with Crippen LogP contribution < -0.4 is 0 Å². The summed E-state index contributed by atoms with van der Waals surface area (Å²) < 4.78 is 37.4. The van der Waals surface area contributed by atoms with E-state index in [0.29, 0.717) is 0 Å². The molecule has 0 saturated carbocycles. The number of alkyl halides is 4. The molecule has 72 valence electrons. The highest BCUT2D eigenvalue weighted by atomic mass is 35.5. The van der Waals surface area contributed by atoms with E-state index in [-0.39, 0.29) is 16.8 Å². The number of rotatable bonds is 3. The number of halogens is 4. The van der Waals surface area contributed by atoms with E-state index in [1.54, 1.807) is 6.07 Å². The van der Waals surface area contributed by atoms with E-state index in [2.05, 4.69) is 16.6 Å². The Morgan fingerprint density at radius 3 is 2.62 bits per heavy atom. The van der Waals surface area contributed by atoms with Crippen LogP contribution in [0.15, 0.2) is 29.4 Å². The second kappa shape index (κ2) is 4.19. The fourth-order valence-corrected chi connectivity index (χ4v) is 1.35. The van der Waals surface area contributed by atoms with Crippen LogP contribution in [0.3, 0.4) is 0 Å². The van der Waals surface area contributed by atoms with Crippen LogP contribution in [0.25, 0.3) is 0 Å². The summed E-state index contributed by atoms with van der Waals surface area (Å²) in [6.07, 6.45) is 1.35. The van der Waals surface area contributed by atoms with Crippen molar-refractivity contribution in [2.24, 2.45) is 0 Å². The van der Waals surface area contributed by atoms with Crippen LogP contribution in [0.1, 0.15) is 0 Å². The molecule has 0 bridgehead atoms. The van der Waals surface area contributed by atoms with Crippen molar-refractivity contribution < 1.29 is 13.2 Å². The molecule has 1 unspecified atom stereocenters. The molecule has 0 radical (unpaired) electrons. The molecule has 0 saturated heterocycles. The molecule has 6 heteroatoms. The van der Waals surface area contributed by atoms with Crippen LogP contribution >= 0.6 is 23.4 Å². The van der Waals surface area contributed by atoms with Gasteiger partial charge in [0.1, 0.15) is 5.03 Å². The van der Waals surface area contributed by atoms with Crippen molar-refractivity contribution in [3.05, 3.63) is 24.4 Å². The molecule has 0 N–H and O–H groups in total. The van der Waals surface area contributed by atoms with Gasteiger partial charge in [0.15, 0.2) is 0 Å². The Balaban J connectivity index is 2.69. The molecule has 1 rings (SSSR count). The van der Waals surface area contributed by atoms with Crippen molar-refractivity contribution in [1.29, 1.82) is 0 Å². The Kier molecular flexibility index (Phi) is 3.44. The Hall–Kier alpha value is -0.420. The van der Waals surface area contributed by atoms with Gasteiger partial charge in [-0.15, -0.1) is 0 Å². The number of hydrogen-bond acceptors (Lipinski definition) is 2. The van der Waals surface area contributed by atoms with Crippen LogP contribution in [-0.4, -0.2) is 15.9 Å². The lowest BCUT2D eigenvalue weighted by molar-refractivity contribution is 0.0536. The van der Waals surface area contributed by atoms with Crippen molar-refractivity contribution >= 4 is 23.4 Å². The molecule has 0 fully saturated rings. The van der Waals surface area contributed by atoms with Gasteiger partial charge in [-0.25, -0.2) is 9.37 Å². The van der Waals surface area contributed by atoms with Crippen molar-refractivity contribution in [1.82, 2.24) is 4.98 Å². The van der Waals surface area contributed by atoms with Crippen molar-refractivity contribution in [2.45, 2.75) is 15.9 Å². The lowest BCUT2D eigenvalue weighted by atomic mass is 10.5. The maximum atomic E-state index is 12.6. The number of hydrogen-bond donors (Lipinski definition) is 0. The van der Waals surface area contributed by atoms with E-state index in [0.717, 1.165) is 0 Å². The van der Waals surface area contributed by atoms with Crippen molar-refractivity contribution in [3.8, 4) is 0 Å². The molecular weight excluding hydrogens is 223 g/mol. The molecule has 0 aliphatic carbocycles. The molecule has 0 amide bonds. The lowest BCUT2D eigenvalue weighted by Gasteiger charge is -2.13. The third-order valence-electron chi connectivity index (χ3n) is 1.13. The molecule has 13 heavy (non-hydrogen) atoms. The van der Waals surface area contributed by atoms with Crippen molar-refractivity contribution in [3.63, 3.8) is 0 Å². The van der Waals surface area contributed by atoms with Gasteiger partial charge in [0.2, 0.25) is 5.63 Å². The molecule has 0 aromatic carbocycles. The number of pyridine rings is 1. The SMILES string of the molecule is FC(Cl)C(F)(F)Sc1ccccn1. The summed E-state index contributed by atoms with van der Waals surface area (Å²) in [5.41, 5.74) is -2.71. The standard InChI is InChI=1S/C7H5ClF3NS/c8-6(9)7(10,11)13-5-3-1-2-4-12-5/h1-4,6H. The fraction of sp³-hybridized carbons (Fsp3) is 0.286. The molecule has 0 aliphatic rings. The number of nitrogens with zero attached hydrogens (tertiary/aromatic N) is 1. The van der Waals surface area contributed by atoms with E-state index in [1.165, 1.54) is 18.3 Å². The van der Waals surface area contributed by atoms with Crippen molar-refractivity contribution in [2.75, 3.05) is 0 Å². The summed E-state index contributed by atoms with van der Waals surface area (Å²) in [4.78, 5) is 3.60.